The van der Waals surface area contributed by atoms with Crippen molar-refractivity contribution in [3.63, 3.8) is 0 Å². The summed E-state index contributed by atoms with van der Waals surface area (Å²) in [5.74, 6) is -1.42. The fourth-order valence-corrected chi connectivity index (χ4v) is 2.23. The lowest BCUT2D eigenvalue weighted by Gasteiger charge is -2.27. The van der Waals surface area contributed by atoms with Crippen LogP contribution in [0.2, 0.25) is 0 Å². The van der Waals surface area contributed by atoms with Crippen molar-refractivity contribution < 1.29 is 14.7 Å². The summed E-state index contributed by atoms with van der Waals surface area (Å²) in [4.78, 5) is 24.4. The quantitative estimate of drug-likeness (QED) is 0.840. The van der Waals surface area contributed by atoms with Crippen LogP contribution in [0.3, 0.4) is 0 Å². The summed E-state index contributed by atoms with van der Waals surface area (Å²) in [6.45, 7) is 6.10. The largest absolute Gasteiger partial charge is 0.481 e. The van der Waals surface area contributed by atoms with Crippen molar-refractivity contribution in [2.45, 2.75) is 39.0 Å². The van der Waals surface area contributed by atoms with Crippen LogP contribution in [0.15, 0.2) is 30.3 Å². The van der Waals surface area contributed by atoms with Crippen LogP contribution in [0.25, 0.3) is 0 Å². The van der Waals surface area contributed by atoms with Crippen LogP contribution in [-0.4, -0.2) is 35.5 Å². The summed E-state index contributed by atoms with van der Waals surface area (Å²) < 4.78 is 0. The highest BCUT2D eigenvalue weighted by atomic mass is 16.4. The number of carbonyl (C=O) groups is 2. The first-order valence-corrected chi connectivity index (χ1v) is 7.26. The second-order valence-corrected chi connectivity index (χ2v) is 6.26. The number of aliphatic carboxylic acids is 1. The number of hydrogen-bond acceptors (Lipinski definition) is 2. The van der Waals surface area contributed by atoms with E-state index in [9.17, 15) is 9.59 Å². The first-order chi connectivity index (χ1) is 9.74. The molecule has 0 saturated heterocycles. The minimum atomic E-state index is -0.876. The Bertz CT molecular complexity index is 482. The van der Waals surface area contributed by atoms with Crippen molar-refractivity contribution >= 4 is 11.9 Å². The molecule has 0 heterocycles. The fourth-order valence-electron chi connectivity index (χ4n) is 2.23. The van der Waals surface area contributed by atoms with Crippen LogP contribution in [-0.2, 0) is 15.0 Å². The Morgan fingerprint density at radius 1 is 1.24 bits per heavy atom. The standard InChI is InChI=1S/C17H25NO3/c1-13(16(20)21)12-18(4)15(19)10-11-17(2,3)14-8-6-5-7-9-14/h5-9,13H,10-12H2,1-4H3,(H,20,21). The van der Waals surface area contributed by atoms with Gasteiger partial charge in [0, 0.05) is 20.0 Å². The van der Waals surface area contributed by atoms with Gasteiger partial charge in [0.25, 0.3) is 0 Å². The molecule has 0 radical (unpaired) electrons. The van der Waals surface area contributed by atoms with Crippen molar-refractivity contribution in [2.75, 3.05) is 13.6 Å². The predicted molar refractivity (Wildman–Crippen MR) is 83.1 cm³/mol. The molecule has 0 fully saturated rings. The summed E-state index contributed by atoms with van der Waals surface area (Å²) in [6.07, 6.45) is 1.16. The minimum Gasteiger partial charge on any atom is -0.481 e. The van der Waals surface area contributed by atoms with Crippen LogP contribution in [0.4, 0.5) is 0 Å². The zero-order valence-electron chi connectivity index (χ0n) is 13.3. The molecule has 1 N–H and O–H groups in total. The van der Waals surface area contributed by atoms with Crippen molar-refractivity contribution in [1.29, 1.82) is 0 Å². The topological polar surface area (TPSA) is 57.6 Å². The van der Waals surface area contributed by atoms with Gasteiger partial charge in [-0.25, -0.2) is 0 Å². The van der Waals surface area contributed by atoms with E-state index < -0.39 is 11.9 Å². The van der Waals surface area contributed by atoms with Gasteiger partial charge in [-0.15, -0.1) is 0 Å². The van der Waals surface area contributed by atoms with E-state index in [1.807, 2.05) is 18.2 Å². The van der Waals surface area contributed by atoms with Gasteiger partial charge in [0.1, 0.15) is 0 Å². The highest BCUT2D eigenvalue weighted by Gasteiger charge is 2.23. The second-order valence-electron chi connectivity index (χ2n) is 6.26. The first kappa shape index (κ1) is 17.2. The van der Waals surface area contributed by atoms with Crippen molar-refractivity contribution in [1.82, 2.24) is 4.90 Å². The van der Waals surface area contributed by atoms with Gasteiger partial charge in [0.15, 0.2) is 0 Å². The maximum absolute atomic E-state index is 12.1. The number of carbonyl (C=O) groups excluding carboxylic acids is 1. The summed E-state index contributed by atoms with van der Waals surface area (Å²) in [6, 6.07) is 10.1. The zero-order valence-corrected chi connectivity index (χ0v) is 13.3. The Balaban J connectivity index is 2.54. The number of amides is 1. The van der Waals surface area contributed by atoms with Gasteiger partial charge >= 0.3 is 5.97 Å². The Kier molecular flexibility index (Phi) is 5.94. The minimum absolute atomic E-state index is 0.00731. The predicted octanol–water partition coefficient (Wildman–Crippen LogP) is 2.92. The number of carboxylic acids is 1. The van der Waals surface area contributed by atoms with E-state index in [1.54, 1.807) is 14.0 Å². The molecule has 1 aromatic rings. The molecule has 4 nitrogen and oxygen atoms in total. The second kappa shape index (κ2) is 7.25. The molecule has 0 aliphatic carbocycles. The molecule has 1 rings (SSSR count). The van der Waals surface area contributed by atoms with E-state index >= 15 is 0 Å². The third-order valence-corrected chi connectivity index (χ3v) is 3.91. The molecule has 0 saturated carbocycles. The number of rotatable bonds is 7. The molecule has 0 bridgehead atoms. The lowest BCUT2D eigenvalue weighted by Crippen LogP contribution is -2.34. The third-order valence-electron chi connectivity index (χ3n) is 3.91. The van der Waals surface area contributed by atoms with Gasteiger partial charge in [-0.2, -0.15) is 0 Å². The van der Waals surface area contributed by atoms with E-state index in [0.717, 1.165) is 6.42 Å². The lowest BCUT2D eigenvalue weighted by molar-refractivity contribution is -0.142. The van der Waals surface area contributed by atoms with Crippen LogP contribution >= 0.6 is 0 Å². The van der Waals surface area contributed by atoms with Gasteiger partial charge < -0.3 is 10.0 Å². The third kappa shape index (κ3) is 5.21. The van der Waals surface area contributed by atoms with Crippen molar-refractivity contribution in [3.8, 4) is 0 Å². The molecular weight excluding hydrogens is 266 g/mol. The van der Waals surface area contributed by atoms with Gasteiger partial charge in [-0.05, 0) is 17.4 Å². The van der Waals surface area contributed by atoms with Crippen LogP contribution in [0.5, 0.6) is 0 Å². The molecule has 1 unspecified atom stereocenters. The smallest absolute Gasteiger partial charge is 0.308 e. The van der Waals surface area contributed by atoms with Crippen molar-refractivity contribution in [2.24, 2.45) is 5.92 Å². The first-order valence-electron chi connectivity index (χ1n) is 7.26. The highest BCUT2D eigenvalue weighted by molar-refractivity contribution is 5.77. The Morgan fingerprint density at radius 2 is 1.81 bits per heavy atom. The van der Waals surface area contributed by atoms with Crippen LogP contribution < -0.4 is 0 Å². The number of benzene rings is 1. The van der Waals surface area contributed by atoms with Gasteiger partial charge in [-0.1, -0.05) is 51.1 Å². The van der Waals surface area contributed by atoms with E-state index in [2.05, 4.69) is 26.0 Å². The van der Waals surface area contributed by atoms with Crippen molar-refractivity contribution in [3.05, 3.63) is 35.9 Å². The summed E-state index contributed by atoms with van der Waals surface area (Å²) in [5, 5.41) is 8.88. The number of hydrogen-bond donors (Lipinski definition) is 1. The Morgan fingerprint density at radius 3 is 2.33 bits per heavy atom. The SMILES string of the molecule is CC(CN(C)C(=O)CCC(C)(C)c1ccccc1)C(=O)O. The highest BCUT2D eigenvalue weighted by Crippen LogP contribution is 2.28. The van der Waals surface area contributed by atoms with Gasteiger partial charge in [0.05, 0.1) is 5.92 Å². The Hall–Kier alpha value is -1.84. The molecule has 0 aliphatic rings. The van der Waals surface area contributed by atoms with Gasteiger partial charge in [0.2, 0.25) is 5.91 Å². The van der Waals surface area contributed by atoms with Crippen LogP contribution in [0.1, 0.15) is 39.2 Å². The lowest BCUT2D eigenvalue weighted by atomic mass is 9.80. The number of carboxylic acid groups (broad SMARTS) is 1. The molecular formula is C17H25NO3. The average Bonchev–Trinajstić information content (AvgIpc) is 2.45. The van der Waals surface area contributed by atoms with E-state index in [-0.39, 0.29) is 17.9 Å². The molecule has 0 spiro atoms. The van der Waals surface area contributed by atoms with E-state index in [4.69, 9.17) is 5.11 Å². The molecule has 116 valence electrons. The molecule has 0 aromatic heterocycles. The molecule has 21 heavy (non-hydrogen) atoms. The van der Waals surface area contributed by atoms with Crippen LogP contribution in [0, 0.1) is 5.92 Å². The molecule has 1 atom stereocenters. The summed E-state index contributed by atoms with van der Waals surface area (Å²) in [7, 11) is 1.66. The maximum atomic E-state index is 12.1. The molecule has 0 aliphatic heterocycles. The van der Waals surface area contributed by atoms with E-state index in [0.29, 0.717) is 6.42 Å². The normalized spacial score (nSPS) is 12.8. The Labute approximate surface area is 126 Å². The zero-order chi connectivity index (χ0) is 16.0. The number of nitrogens with zero attached hydrogens (tertiary/aromatic N) is 1. The fraction of sp³-hybridized carbons (Fsp3) is 0.529. The average molecular weight is 291 g/mol. The summed E-state index contributed by atoms with van der Waals surface area (Å²) >= 11 is 0. The molecule has 1 aromatic carbocycles. The van der Waals surface area contributed by atoms with Gasteiger partial charge in [-0.3, -0.25) is 9.59 Å². The summed E-state index contributed by atoms with van der Waals surface area (Å²) in [5.41, 5.74) is 1.13. The molecule has 1 amide bonds. The monoisotopic (exact) mass is 291 g/mol. The maximum Gasteiger partial charge on any atom is 0.308 e. The molecule has 4 heteroatoms. The van der Waals surface area contributed by atoms with E-state index in [1.165, 1.54) is 10.5 Å².